The maximum Gasteiger partial charge on any atom is 0.159 e. The molecule has 2 aromatic rings. The molecule has 1 N–H and O–H groups in total. The molecule has 4 heteroatoms. The lowest BCUT2D eigenvalue weighted by molar-refractivity contribution is 0.746. The van der Waals surface area contributed by atoms with Crippen LogP contribution in [0.1, 0.15) is 47.8 Å². The summed E-state index contributed by atoms with van der Waals surface area (Å²) in [5.41, 5.74) is 7.17. The Bertz CT molecular complexity index is 684. The van der Waals surface area contributed by atoms with E-state index in [0.717, 1.165) is 34.6 Å². The van der Waals surface area contributed by atoms with Crippen molar-refractivity contribution >= 4 is 15.9 Å². The van der Waals surface area contributed by atoms with Crippen molar-refractivity contribution in [3.8, 4) is 11.4 Å². The monoisotopic (exact) mass is 345 g/mol. The molecule has 0 unspecified atom stereocenters. The van der Waals surface area contributed by atoms with Crippen molar-refractivity contribution in [1.29, 1.82) is 0 Å². The van der Waals surface area contributed by atoms with Crippen LogP contribution >= 0.6 is 15.9 Å². The topological polar surface area (TPSA) is 37.8 Å². The number of benzene rings is 1. The Morgan fingerprint density at radius 1 is 1.10 bits per heavy atom. The van der Waals surface area contributed by atoms with Gasteiger partial charge in [0.05, 0.1) is 11.4 Å². The van der Waals surface area contributed by atoms with E-state index in [1.54, 1.807) is 0 Å². The van der Waals surface area contributed by atoms with Gasteiger partial charge in [-0.05, 0) is 43.0 Å². The molecule has 110 valence electrons. The minimum absolute atomic E-state index is 0.415. The maximum absolute atomic E-state index is 4.86. The van der Waals surface area contributed by atoms with Gasteiger partial charge in [0.25, 0.3) is 0 Å². The van der Waals surface area contributed by atoms with E-state index in [2.05, 4.69) is 61.1 Å². The predicted octanol–water partition coefficient (Wildman–Crippen LogP) is 4.25. The summed E-state index contributed by atoms with van der Waals surface area (Å²) in [4.78, 5) is 9.65. The van der Waals surface area contributed by atoms with Crippen molar-refractivity contribution in [1.82, 2.24) is 15.3 Å². The molecule has 0 bridgehead atoms. The minimum Gasteiger partial charge on any atom is -0.307 e. The van der Waals surface area contributed by atoms with Crippen LogP contribution in [-0.2, 0) is 13.1 Å². The zero-order valence-electron chi connectivity index (χ0n) is 12.9. The number of nitrogens with one attached hydrogen (secondary N) is 1. The molecule has 2 heterocycles. The van der Waals surface area contributed by atoms with Crippen LogP contribution in [0.15, 0.2) is 16.6 Å². The fraction of sp³-hybridized carbons (Fsp3) is 0.412. The van der Waals surface area contributed by atoms with Gasteiger partial charge in [-0.25, -0.2) is 9.97 Å². The molecule has 1 aromatic heterocycles. The smallest absolute Gasteiger partial charge is 0.159 e. The van der Waals surface area contributed by atoms with Crippen LogP contribution in [0.4, 0.5) is 0 Å². The van der Waals surface area contributed by atoms with E-state index in [1.807, 2.05) is 0 Å². The lowest BCUT2D eigenvalue weighted by atomic mass is 10.0. The van der Waals surface area contributed by atoms with Gasteiger partial charge in [-0.2, -0.15) is 0 Å². The average molecular weight is 346 g/mol. The van der Waals surface area contributed by atoms with Crippen LogP contribution in [0.3, 0.4) is 0 Å². The Hall–Kier alpha value is -1.26. The number of aryl methyl sites for hydroxylation is 2. The highest BCUT2D eigenvalue weighted by Gasteiger charge is 2.21. The van der Waals surface area contributed by atoms with Crippen LogP contribution in [0, 0.1) is 13.8 Å². The number of aromatic nitrogens is 2. The molecule has 0 aliphatic carbocycles. The number of halogens is 1. The van der Waals surface area contributed by atoms with Gasteiger partial charge in [-0.15, -0.1) is 0 Å². The third kappa shape index (κ3) is 2.62. The van der Waals surface area contributed by atoms with Crippen LogP contribution in [0.25, 0.3) is 11.4 Å². The summed E-state index contributed by atoms with van der Waals surface area (Å²) in [6.07, 6.45) is 0. The molecule has 0 amide bonds. The summed E-state index contributed by atoms with van der Waals surface area (Å²) in [6.45, 7) is 10.4. The van der Waals surface area contributed by atoms with Crippen molar-refractivity contribution in [2.75, 3.05) is 0 Å². The average Bonchev–Trinajstić information content (AvgIpc) is 2.91. The second-order valence-corrected chi connectivity index (χ2v) is 6.83. The van der Waals surface area contributed by atoms with Crippen molar-refractivity contribution in [3.05, 3.63) is 44.7 Å². The number of fused-ring (bicyclic) bond motifs is 1. The summed E-state index contributed by atoms with van der Waals surface area (Å²) in [7, 11) is 0. The van der Waals surface area contributed by atoms with Crippen molar-refractivity contribution in [2.45, 2.75) is 46.7 Å². The van der Waals surface area contributed by atoms with E-state index in [4.69, 9.17) is 9.97 Å². The third-order valence-electron chi connectivity index (χ3n) is 3.96. The molecular weight excluding hydrogens is 326 g/mol. The largest absolute Gasteiger partial charge is 0.307 e. The molecule has 1 aliphatic heterocycles. The Labute approximate surface area is 134 Å². The van der Waals surface area contributed by atoms with Gasteiger partial charge in [-0.3, -0.25) is 0 Å². The molecule has 0 spiro atoms. The van der Waals surface area contributed by atoms with Gasteiger partial charge in [0.15, 0.2) is 5.82 Å². The van der Waals surface area contributed by atoms with Crippen LogP contribution in [-0.4, -0.2) is 9.97 Å². The fourth-order valence-electron chi connectivity index (χ4n) is 2.88. The summed E-state index contributed by atoms with van der Waals surface area (Å²) >= 11 is 3.62. The van der Waals surface area contributed by atoms with E-state index in [0.29, 0.717) is 5.92 Å². The molecule has 0 saturated heterocycles. The first kappa shape index (κ1) is 14.7. The molecule has 0 radical (unpaired) electrons. The summed E-state index contributed by atoms with van der Waals surface area (Å²) in [5.74, 6) is 1.26. The Morgan fingerprint density at radius 3 is 2.38 bits per heavy atom. The highest BCUT2D eigenvalue weighted by atomic mass is 79.9. The molecule has 0 atom stereocenters. The zero-order chi connectivity index (χ0) is 15.1. The fourth-order valence-corrected chi connectivity index (χ4v) is 3.11. The highest BCUT2D eigenvalue weighted by Crippen LogP contribution is 2.30. The second kappa shape index (κ2) is 5.50. The lowest BCUT2D eigenvalue weighted by Crippen LogP contribution is -2.05. The van der Waals surface area contributed by atoms with Crippen molar-refractivity contribution < 1.29 is 0 Å². The summed E-state index contributed by atoms with van der Waals surface area (Å²) < 4.78 is 1.16. The van der Waals surface area contributed by atoms with Gasteiger partial charge in [0, 0.05) is 28.7 Å². The molecule has 1 aromatic carbocycles. The molecule has 0 saturated carbocycles. The highest BCUT2D eigenvalue weighted by molar-refractivity contribution is 9.10. The van der Waals surface area contributed by atoms with E-state index in [9.17, 15) is 0 Å². The minimum atomic E-state index is 0.415. The Morgan fingerprint density at radius 2 is 1.76 bits per heavy atom. The Kier molecular flexibility index (Phi) is 3.84. The van der Waals surface area contributed by atoms with Gasteiger partial charge < -0.3 is 5.32 Å². The molecule has 1 aliphatic rings. The van der Waals surface area contributed by atoms with E-state index >= 15 is 0 Å². The van der Waals surface area contributed by atoms with Crippen LogP contribution in [0.5, 0.6) is 0 Å². The van der Waals surface area contributed by atoms with Crippen molar-refractivity contribution in [3.63, 3.8) is 0 Å². The first-order valence-corrected chi connectivity index (χ1v) is 8.14. The Balaban J connectivity index is 2.18. The van der Waals surface area contributed by atoms with Crippen LogP contribution < -0.4 is 5.32 Å². The second-order valence-electron chi connectivity index (χ2n) is 6.04. The molecule has 3 nitrogen and oxygen atoms in total. The maximum atomic E-state index is 4.86. The first-order valence-electron chi connectivity index (χ1n) is 7.35. The first-order chi connectivity index (χ1) is 9.97. The third-order valence-corrected chi connectivity index (χ3v) is 5.21. The molecule has 3 rings (SSSR count). The SMILES string of the molecule is Cc1cc(-c2nc3c(c(C(C)C)n2)CNC3)cc(C)c1Br. The number of hydrogen-bond acceptors (Lipinski definition) is 3. The van der Waals surface area contributed by atoms with Crippen molar-refractivity contribution in [2.24, 2.45) is 0 Å². The van der Waals surface area contributed by atoms with E-state index < -0.39 is 0 Å². The van der Waals surface area contributed by atoms with Crippen LogP contribution in [0.2, 0.25) is 0 Å². The molecule has 0 fully saturated rings. The number of nitrogens with zero attached hydrogens (tertiary/aromatic N) is 2. The zero-order valence-corrected chi connectivity index (χ0v) is 14.5. The van der Waals surface area contributed by atoms with Gasteiger partial charge in [0.1, 0.15) is 0 Å². The standard InChI is InChI=1S/C17H20BrN3/c1-9(2)16-13-7-19-8-14(13)20-17(21-16)12-5-10(3)15(18)11(4)6-12/h5-6,9,19H,7-8H2,1-4H3. The lowest BCUT2D eigenvalue weighted by Gasteiger charge is -2.13. The summed E-state index contributed by atoms with van der Waals surface area (Å²) in [5, 5.41) is 3.38. The van der Waals surface area contributed by atoms with Gasteiger partial charge in [-0.1, -0.05) is 29.8 Å². The summed E-state index contributed by atoms with van der Waals surface area (Å²) in [6, 6.07) is 4.32. The molecule has 21 heavy (non-hydrogen) atoms. The molecular formula is C17H20BrN3. The van der Waals surface area contributed by atoms with E-state index in [1.165, 1.54) is 22.4 Å². The number of hydrogen-bond donors (Lipinski definition) is 1. The predicted molar refractivity (Wildman–Crippen MR) is 89.3 cm³/mol. The van der Waals surface area contributed by atoms with Gasteiger partial charge >= 0.3 is 0 Å². The normalized spacial score (nSPS) is 13.8. The quantitative estimate of drug-likeness (QED) is 0.883. The van der Waals surface area contributed by atoms with E-state index in [-0.39, 0.29) is 0 Å². The number of rotatable bonds is 2. The van der Waals surface area contributed by atoms with Gasteiger partial charge in [0.2, 0.25) is 0 Å².